The minimum Gasteiger partial charge on any atom is -0.390 e. The molecule has 18 heavy (non-hydrogen) atoms. The van der Waals surface area contributed by atoms with Gasteiger partial charge in [-0.05, 0) is 17.6 Å². The van der Waals surface area contributed by atoms with Crippen LogP contribution in [0.3, 0.4) is 0 Å². The second-order valence-corrected chi connectivity index (χ2v) is 4.94. The van der Waals surface area contributed by atoms with E-state index < -0.39 is 36.6 Å². The summed E-state index contributed by atoms with van der Waals surface area (Å²) >= 11 is 0. The molecule has 1 aliphatic heterocycles. The van der Waals surface area contributed by atoms with Crippen LogP contribution in [0, 0.1) is 0 Å². The molecule has 0 saturated carbocycles. The molecule has 0 aromatic rings. The van der Waals surface area contributed by atoms with E-state index in [0.717, 1.165) is 6.42 Å². The second kappa shape index (κ2) is 5.24. The van der Waals surface area contributed by atoms with Crippen molar-refractivity contribution in [3.8, 4) is 0 Å². The molecule has 2 rings (SSSR count). The number of hydrogen-bond acceptors (Lipinski definition) is 6. The molecule has 0 amide bonds. The fraction of sp³-hybridized carbons (Fsp3) is 0.833. The van der Waals surface area contributed by atoms with Gasteiger partial charge < -0.3 is 30.3 Å². The largest absolute Gasteiger partial charge is 0.390 e. The first-order valence-electron chi connectivity index (χ1n) is 6.23. The lowest BCUT2D eigenvalue weighted by molar-refractivity contribution is -0.0988. The van der Waals surface area contributed by atoms with E-state index in [4.69, 9.17) is 4.74 Å². The summed E-state index contributed by atoms with van der Waals surface area (Å²) in [6.07, 6.45) is -5.69. The zero-order valence-corrected chi connectivity index (χ0v) is 10.2. The fourth-order valence-corrected chi connectivity index (χ4v) is 2.68. The fourth-order valence-electron chi connectivity index (χ4n) is 2.68. The average Bonchev–Trinajstić information content (AvgIpc) is 2.79. The van der Waals surface area contributed by atoms with Gasteiger partial charge in [-0.1, -0.05) is 13.3 Å². The van der Waals surface area contributed by atoms with Crippen molar-refractivity contribution in [1.29, 1.82) is 0 Å². The third-order valence-corrected chi connectivity index (χ3v) is 3.70. The number of aliphatic hydroxyl groups excluding tert-OH is 5. The molecule has 2 aliphatic rings. The lowest BCUT2D eigenvalue weighted by atomic mass is 9.81. The van der Waals surface area contributed by atoms with E-state index in [9.17, 15) is 25.5 Å². The summed E-state index contributed by atoms with van der Waals surface area (Å²) in [5.41, 5.74) is 0.696. The summed E-state index contributed by atoms with van der Waals surface area (Å²) in [7, 11) is 0. The van der Waals surface area contributed by atoms with Crippen molar-refractivity contribution in [2.24, 2.45) is 0 Å². The van der Waals surface area contributed by atoms with Gasteiger partial charge in [-0.2, -0.15) is 0 Å². The quantitative estimate of drug-likeness (QED) is 0.387. The van der Waals surface area contributed by atoms with Crippen LogP contribution in [0.2, 0.25) is 0 Å². The Hall–Kier alpha value is -0.500. The summed E-state index contributed by atoms with van der Waals surface area (Å²) in [5, 5.41) is 49.0. The number of aliphatic hydroxyl groups is 5. The molecule has 0 fully saturated rings. The van der Waals surface area contributed by atoms with Crippen LogP contribution >= 0.6 is 0 Å². The van der Waals surface area contributed by atoms with Crippen LogP contribution in [-0.4, -0.2) is 68.8 Å². The van der Waals surface area contributed by atoms with Crippen LogP contribution in [0.15, 0.2) is 11.1 Å². The molecule has 6 atom stereocenters. The molecule has 0 aromatic heterocycles. The van der Waals surface area contributed by atoms with Crippen molar-refractivity contribution in [3.63, 3.8) is 0 Å². The molecule has 104 valence electrons. The summed E-state index contributed by atoms with van der Waals surface area (Å²) in [6, 6.07) is 0. The Balaban J connectivity index is 2.28. The minimum atomic E-state index is -1.46. The highest BCUT2D eigenvalue weighted by Crippen LogP contribution is 2.36. The van der Waals surface area contributed by atoms with Crippen molar-refractivity contribution < 1.29 is 30.3 Å². The van der Waals surface area contributed by atoms with Crippen LogP contribution in [0.25, 0.3) is 0 Å². The van der Waals surface area contributed by atoms with Crippen molar-refractivity contribution in [2.45, 2.75) is 56.4 Å². The third-order valence-electron chi connectivity index (χ3n) is 3.70. The molecule has 1 heterocycles. The Kier molecular flexibility index (Phi) is 4.05. The van der Waals surface area contributed by atoms with Gasteiger partial charge >= 0.3 is 0 Å². The highest BCUT2D eigenvalue weighted by Gasteiger charge is 2.48. The maximum Gasteiger partial charge on any atom is 0.113 e. The SMILES string of the molecule is CCCC(O)C1OCC2=C1C(O)C(O)C(O)C2O. The van der Waals surface area contributed by atoms with Crippen LogP contribution in [-0.2, 0) is 4.74 Å². The Morgan fingerprint density at radius 2 is 1.78 bits per heavy atom. The molecule has 6 nitrogen and oxygen atoms in total. The summed E-state index contributed by atoms with van der Waals surface area (Å²) in [5.74, 6) is 0. The normalized spacial score (nSPS) is 42.0. The highest BCUT2D eigenvalue weighted by molar-refractivity contribution is 5.36. The van der Waals surface area contributed by atoms with E-state index in [1.165, 1.54) is 0 Å². The van der Waals surface area contributed by atoms with Gasteiger partial charge in [-0.25, -0.2) is 0 Å². The lowest BCUT2D eigenvalue weighted by Crippen LogP contribution is -2.52. The molecule has 5 N–H and O–H groups in total. The standard InChI is InChI=1S/C12H20O6/c1-2-3-6(13)12-7-5(4-18-12)8(14)10(16)11(17)9(7)15/h6,8-17H,2-4H2,1H3. The third kappa shape index (κ3) is 2.09. The lowest BCUT2D eigenvalue weighted by Gasteiger charge is -2.35. The van der Waals surface area contributed by atoms with Crippen molar-refractivity contribution >= 4 is 0 Å². The number of rotatable bonds is 3. The zero-order chi connectivity index (χ0) is 13.4. The highest BCUT2D eigenvalue weighted by atomic mass is 16.5. The smallest absolute Gasteiger partial charge is 0.113 e. The van der Waals surface area contributed by atoms with Crippen molar-refractivity contribution in [3.05, 3.63) is 11.1 Å². The van der Waals surface area contributed by atoms with Gasteiger partial charge in [0.2, 0.25) is 0 Å². The molecule has 0 aromatic carbocycles. The Labute approximate surface area is 105 Å². The zero-order valence-electron chi connectivity index (χ0n) is 10.2. The Morgan fingerprint density at radius 3 is 2.39 bits per heavy atom. The van der Waals surface area contributed by atoms with E-state index in [1.54, 1.807) is 0 Å². The van der Waals surface area contributed by atoms with E-state index in [-0.39, 0.29) is 6.61 Å². The predicted molar refractivity (Wildman–Crippen MR) is 61.7 cm³/mol. The monoisotopic (exact) mass is 260 g/mol. The van der Waals surface area contributed by atoms with Crippen molar-refractivity contribution in [2.75, 3.05) is 6.61 Å². The van der Waals surface area contributed by atoms with Gasteiger partial charge in [0.05, 0.1) is 12.7 Å². The van der Waals surface area contributed by atoms with Crippen LogP contribution in [0.5, 0.6) is 0 Å². The molecule has 6 unspecified atom stereocenters. The molecule has 1 aliphatic carbocycles. The van der Waals surface area contributed by atoms with Gasteiger partial charge in [0.1, 0.15) is 30.5 Å². The van der Waals surface area contributed by atoms with E-state index >= 15 is 0 Å². The molecule has 6 heteroatoms. The van der Waals surface area contributed by atoms with Crippen LogP contribution in [0.1, 0.15) is 19.8 Å². The second-order valence-electron chi connectivity index (χ2n) is 4.94. The van der Waals surface area contributed by atoms with Crippen LogP contribution < -0.4 is 0 Å². The first-order valence-corrected chi connectivity index (χ1v) is 6.23. The maximum absolute atomic E-state index is 9.95. The summed E-state index contributed by atoms with van der Waals surface area (Å²) in [4.78, 5) is 0. The van der Waals surface area contributed by atoms with Gasteiger partial charge in [0, 0.05) is 0 Å². The van der Waals surface area contributed by atoms with Gasteiger partial charge in [-0.3, -0.25) is 0 Å². The first kappa shape index (κ1) is 13.9. The molecule has 0 spiro atoms. The van der Waals surface area contributed by atoms with E-state index in [1.807, 2.05) is 6.92 Å². The number of ether oxygens (including phenoxy) is 1. The summed E-state index contributed by atoms with van der Waals surface area (Å²) < 4.78 is 5.39. The number of hydrogen-bond donors (Lipinski definition) is 5. The topological polar surface area (TPSA) is 110 Å². The molecular formula is C12H20O6. The van der Waals surface area contributed by atoms with Gasteiger partial charge in [-0.15, -0.1) is 0 Å². The molecule has 0 radical (unpaired) electrons. The predicted octanol–water partition coefficient (Wildman–Crippen LogP) is -1.70. The van der Waals surface area contributed by atoms with Gasteiger partial charge in [0.25, 0.3) is 0 Å². The first-order chi connectivity index (χ1) is 8.49. The van der Waals surface area contributed by atoms with E-state index in [2.05, 4.69) is 0 Å². The van der Waals surface area contributed by atoms with Crippen LogP contribution in [0.4, 0.5) is 0 Å². The molecular weight excluding hydrogens is 240 g/mol. The maximum atomic E-state index is 9.95. The average molecular weight is 260 g/mol. The summed E-state index contributed by atoms with van der Waals surface area (Å²) in [6.45, 7) is 1.97. The van der Waals surface area contributed by atoms with Gasteiger partial charge in [0.15, 0.2) is 0 Å². The Morgan fingerprint density at radius 1 is 1.17 bits per heavy atom. The Bertz CT molecular complexity index is 341. The molecule has 0 bridgehead atoms. The minimum absolute atomic E-state index is 0.0583. The van der Waals surface area contributed by atoms with E-state index in [0.29, 0.717) is 17.6 Å². The molecule has 0 saturated heterocycles. The van der Waals surface area contributed by atoms with Crippen molar-refractivity contribution in [1.82, 2.24) is 0 Å².